The molecule has 1 saturated heterocycles. The fourth-order valence-corrected chi connectivity index (χ4v) is 4.16. The van der Waals surface area contributed by atoms with Gasteiger partial charge in [0.1, 0.15) is 22.8 Å². The van der Waals surface area contributed by atoms with Crippen LogP contribution in [0.25, 0.3) is 0 Å². The maximum atomic E-state index is 13.8. The van der Waals surface area contributed by atoms with Gasteiger partial charge in [0, 0.05) is 30.7 Å². The van der Waals surface area contributed by atoms with Gasteiger partial charge in [-0.2, -0.15) is 0 Å². The van der Waals surface area contributed by atoms with Crippen LogP contribution in [0, 0.1) is 5.82 Å². The number of ether oxygens (including phenoxy) is 2. The normalized spacial score (nSPS) is 18.4. The molecule has 1 fully saturated rings. The van der Waals surface area contributed by atoms with Crippen LogP contribution in [0.1, 0.15) is 18.4 Å². The van der Waals surface area contributed by atoms with Crippen LogP contribution >= 0.6 is 11.8 Å². The first-order valence-corrected chi connectivity index (χ1v) is 10.5. The van der Waals surface area contributed by atoms with Crippen molar-refractivity contribution in [1.29, 1.82) is 0 Å². The van der Waals surface area contributed by atoms with E-state index in [1.54, 1.807) is 43.5 Å². The Morgan fingerprint density at radius 2 is 2.03 bits per heavy atom. The molecule has 0 bridgehead atoms. The zero-order valence-corrected chi connectivity index (χ0v) is 17.6. The SMILES string of the molecule is COc1ccc(NC(=O)CC2CC(=O)NC(SCc3ccccc3F)N2)c(OC)c1. The molecule has 2 aromatic carbocycles. The quantitative estimate of drug-likeness (QED) is 0.593. The molecule has 7 nitrogen and oxygen atoms in total. The summed E-state index contributed by atoms with van der Waals surface area (Å²) < 4.78 is 24.2. The Hall–Kier alpha value is -2.78. The lowest BCUT2D eigenvalue weighted by molar-refractivity contribution is -0.124. The van der Waals surface area contributed by atoms with Gasteiger partial charge in [0.05, 0.1) is 19.9 Å². The van der Waals surface area contributed by atoms with Gasteiger partial charge in [-0.05, 0) is 23.8 Å². The lowest BCUT2D eigenvalue weighted by atomic mass is 10.1. The molecule has 1 heterocycles. The maximum Gasteiger partial charge on any atom is 0.226 e. The Morgan fingerprint density at radius 1 is 1.23 bits per heavy atom. The third-order valence-corrected chi connectivity index (χ3v) is 5.65. The van der Waals surface area contributed by atoms with Gasteiger partial charge < -0.3 is 20.1 Å². The highest BCUT2D eigenvalue weighted by molar-refractivity contribution is 7.99. The van der Waals surface area contributed by atoms with Gasteiger partial charge in [-0.15, -0.1) is 11.8 Å². The van der Waals surface area contributed by atoms with Crippen molar-refractivity contribution in [2.24, 2.45) is 0 Å². The molecule has 1 aliphatic rings. The minimum atomic E-state index is -0.404. The van der Waals surface area contributed by atoms with Crippen molar-refractivity contribution < 1.29 is 23.5 Å². The molecular weight excluding hydrogens is 409 g/mol. The molecule has 3 rings (SSSR count). The van der Waals surface area contributed by atoms with E-state index in [0.29, 0.717) is 28.5 Å². The van der Waals surface area contributed by atoms with Crippen molar-refractivity contribution in [3.8, 4) is 11.5 Å². The van der Waals surface area contributed by atoms with E-state index in [0.717, 1.165) is 0 Å². The summed E-state index contributed by atoms with van der Waals surface area (Å²) in [5.41, 5.74) is 0.679. The van der Waals surface area contributed by atoms with Gasteiger partial charge >= 0.3 is 0 Å². The zero-order chi connectivity index (χ0) is 21.5. The number of rotatable bonds is 8. The average molecular weight is 434 g/mol. The summed E-state index contributed by atoms with van der Waals surface area (Å²) >= 11 is 1.36. The molecule has 160 valence electrons. The lowest BCUT2D eigenvalue weighted by Gasteiger charge is -2.31. The second kappa shape index (κ2) is 10.3. The number of nitrogens with one attached hydrogen (secondary N) is 3. The summed E-state index contributed by atoms with van der Waals surface area (Å²) in [5, 5.41) is 8.86. The van der Waals surface area contributed by atoms with E-state index in [1.165, 1.54) is 24.9 Å². The van der Waals surface area contributed by atoms with Gasteiger partial charge in [0.15, 0.2) is 0 Å². The zero-order valence-electron chi connectivity index (χ0n) is 16.7. The topological polar surface area (TPSA) is 88.7 Å². The molecule has 0 aliphatic carbocycles. The predicted octanol–water partition coefficient (Wildman–Crippen LogP) is 2.87. The number of amides is 2. The third-order valence-electron chi connectivity index (χ3n) is 4.59. The summed E-state index contributed by atoms with van der Waals surface area (Å²) in [6.45, 7) is 0. The maximum absolute atomic E-state index is 13.8. The number of hydrogen-bond donors (Lipinski definition) is 3. The molecule has 2 atom stereocenters. The molecule has 0 radical (unpaired) electrons. The van der Waals surface area contributed by atoms with Crippen LogP contribution in [0.5, 0.6) is 11.5 Å². The van der Waals surface area contributed by atoms with Gasteiger partial charge in [0.25, 0.3) is 0 Å². The molecule has 30 heavy (non-hydrogen) atoms. The van der Waals surface area contributed by atoms with E-state index in [2.05, 4.69) is 16.0 Å². The largest absolute Gasteiger partial charge is 0.497 e. The second-order valence-corrected chi connectivity index (χ2v) is 7.83. The first-order valence-electron chi connectivity index (χ1n) is 9.40. The molecule has 1 aliphatic heterocycles. The highest BCUT2D eigenvalue weighted by atomic mass is 32.2. The van der Waals surface area contributed by atoms with E-state index in [4.69, 9.17) is 9.47 Å². The van der Waals surface area contributed by atoms with Gasteiger partial charge in [-0.3, -0.25) is 14.9 Å². The summed E-state index contributed by atoms with van der Waals surface area (Å²) in [6.07, 6.45) is 0.295. The van der Waals surface area contributed by atoms with Crippen LogP contribution in [0.15, 0.2) is 42.5 Å². The van der Waals surface area contributed by atoms with Crippen LogP contribution < -0.4 is 25.4 Å². The number of benzene rings is 2. The Labute approximate surface area is 178 Å². The number of anilines is 1. The van der Waals surface area contributed by atoms with Crippen molar-refractivity contribution in [2.75, 3.05) is 19.5 Å². The number of thioether (sulfide) groups is 1. The van der Waals surface area contributed by atoms with Crippen molar-refractivity contribution in [3.05, 3.63) is 53.8 Å². The highest BCUT2D eigenvalue weighted by Crippen LogP contribution is 2.29. The van der Waals surface area contributed by atoms with Crippen molar-refractivity contribution >= 4 is 29.3 Å². The van der Waals surface area contributed by atoms with Gasteiger partial charge in [-0.1, -0.05) is 18.2 Å². The Kier molecular flexibility index (Phi) is 7.53. The van der Waals surface area contributed by atoms with E-state index >= 15 is 0 Å². The minimum Gasteiger partial charge on any atom is -0.497 e. The molecular formula is C21H24FN3O4S. The number of halogens is 1. The smallest absolute Gasteiger partial charge is 0.226 e. The highest BCUT2D eigenvalue weighted by Gasteiger charge is 2.28. The molecule has 0 spiro atoms. The summed E-state index contributed by atoms with van der Waals surface area (Å²) in [6, 6.07) is 11.3. The van der Waals surface area contributed by atoms with Crippen LogP contribution in [0.2, 0.25) is 0 Å². The van der Waals surface area contributed by atoms with Crippen molar-refractivity contribution in [2.45, 2.75) is 30.1 Å². The van der Waals surface area contributed by atoms with Crippen LogP contribution in [0.3, 0.4) is 0 Å². The van der Waals surface area contributed by atoms with E-state index in [-0.39, 0.29) is 36.5 Å². The molecule has 9 heteroatoms. The van der Waals surface area contributed by atoms with E-state index in [9.17, 15) is 14.0 Å². The first-order chi connectivity index (χ1) is 14.5. The lowest BCUT2D eigenvalue weighted by Crippen LogP contribution is -2.55. The monoisotopic (exact) mass is 433 g/mol. The number of carbonyl (C=O) groups is 2. The molecule has 2 aromatic rings. The molecule has 0 aromatic heterocycles. The summed E-state index contributed by atoms with van der Waals surface area (Å²) in [5.74, 6) is 0.812. The Morgan fingerprint density at radius 3 is 2.77 bits per heavy atom. The first kappa shape index (κ1) is 21.9. The van der Waals surface area contributed by atoms with Crippen LogP contribution in [-0.2, 0) is 15.3 Å². The average Bonchev–Trinajstić information content (AvgIpc) is 2.73. The standard InChI is InChI=1S/C21H24FN3O4S/c1-28-15-7-8-17(18(11-15)29-2)24-19(26)9-14-10-20(27)25-21(23-14)30-12-13-5-3-4-6-16(13)22/h3-8,11,14,21,23H,9-10,12H2,1-2H3,(H,24,26)(H,25,27). The third kappa shape index (κ3) is 5.87. The summed E-state index contributed by atoms with van der Waals surface area (Å²) in [7, 11) is 3.06. The van der Waals surface area contributed by atoms with E-state index in [1.807, 2.05) is 0 Å². The van der Waals surface area contributed by atoms with Crippen LogP contribution in [0.4, 0.5) is 10.1 Å². The van der Waals surface area contributed by atoms with Crippen LogP contribution in [-0.4, -0.2) is 37.6 Å². The fourth-order valence-electron chi connectivity index (χ4n) is 3.08. The molecule has 0 saturated carbocycles. The van der Waals surface area contributed by atoms with E-state index < -0.39 is 5.50 Å². The van der Waals surface area contributed by atoms with Gasteiger partial charge in [-0.25, -0.2) is 4.39 Å². The Balaban J connectivity index is 1.56. The number of methoxy groups -OCH3 is 2. The molecule has 3 N–H and O–H groups in total. The second-order valence-electron chi connectivity index (χ2n) is 6.74. The van der Waals surface area contributed by atoms with Crippen molar-refractivity contribution in [3.63, 3.8) is 0 Å². The fraction of sp³-hybridized carbons (Fsp3) is 0.333. The van der Waals surface area contributed by atoms with Crippen molar-refractivity contribution in [1.82, 2.24) is 10.6 Å². The minimum absolute atomic E-state index is 0.110. The molecule has 2 amide bonds. The molecule has 2 unspecified atom stereocenters. The summed E-state index contributed by atoms with van der Waals surface area (Å²) in [4.78, 5) is 24.6. The number of carbonyl (C=O) groups excluding carboxylic acids is 2. The Bertz CT molecular complexity index is 912. The number of hydrogen-bond acceptors (Lipinski definition) is 6. The van der Waals surface area contributed by atoms with Gasteiger partial charge in [0.2, 0.25) is 11.8 Å². The predicted molar refractivity (Wildman–Crippen MR) is 114 cm³/mol.